The summed E-state index contributed by atoms with van der Waals surface area (Å²) in [6.07, 6.45) is 3.66. The first-order valence-corrected chi connectivity index (χ1v) is 8.74. The van der Waals surface area contributed by atoms with E-state index in [1.54, 1.807) is 0 Å². The van der Waals surface area contributed by atoms with Crippen LogP contribution in [0.25, 0.3) is 22.5 Å². The number of pyridine rings is 2. The van der Waals surface area contributed by atoms with E-state index in [0.717, 1.165) is 41.1 Å². The first-order valence-electron chi connectivity index (χ1n) is 8.74. The molecule has 2 nitrogen and oxygen atoms in total. The van der Waals surface area contributed by atoms with E-state index in [1.165, 1.54) is 5.56 Å². The fourth-order valence-corrected chi connectivity index (χ4v) is 2.91. The summed E-state index contributed by atoms with van der Waals surface area (Å²) >= 11 is 0. The summed E-state index contributed by atoms with van der Waals surface area (Å²) in [6, 6.07) is 33.0. The fraction of sp³-hybridized carbons (Fsp3) is 0.0833. The zero-order valence-corrected chi connectivity index (χ0v) is 17.0. The number of aromatic nitrogens is 2. The average molecular weight is 530 g/mol. The Labute approximate surface area is 174 Å². The summed E-state index contributed by atoms with van der Waals surface area (Å²) < 4.78 is 0. The predicted molar refractivity (Wildman–Crippen MR) is 104 cm³/mol. The van der Waals surface area contributed by atoms with Crippen LogP contribution < -0.4 is 0 Å². The molecule has 0 atom stereocenters. The molecule has 0 saturated carbocycles. The first-order chi connectivity index (χ1) is 12.9. The van der Waals surface area contributed by atoms with Gasteiger partial charge in [-0.3, -0.25) is 4.98 Å². The van der Waals surface area contributed by atoms with Gasteiger partial charge in [0, 0.05) is 11.9 Å². The van der Waals surface area contributed by atoms with E-state index in [1.807, 2.05) is 60.8 Å². The third-order valence-electron chi connectivity index (χ3n) is 4.24. The molecule has 0 radical (unpaired) electrons. The fourth-order valence-electron chi connectivity index (χ4n) is 2.91. The maximum absolute atomic E-state index is 4.80. The van der Waals surface area contributed by atoms with Crippen LogP contribution >= 0.6 is 0 Å². The Kier molecular flexibility index (Phi) is 6.68. The molecule has 134 valence electrons. The third-order valence-corrected chi connectivity index (χ3v) is 4.24. The van der Waals surface area contributed by atoms with Gasteiger partial charge in [0.15, 0.2) is 0 Å². The molecule has 3 heteroatoms. The van der Waals surface area contributed by atoms with E-state index < -0.39 is 0 Å². The molecule has 0 aliphatic rings. The molecule has 2 aromatic carbocycles. The Morgan fingerprint density at radius 2 is 1.48 bits per heavy atom. The van der Waals surface area contributed by atoms with Gasteiger partial charge >= 0.3 is 21.1 Å². The van der Waals surface area contributed by atoms with Crippen LogP contribution in [-0.2, 0) is 33.9 Å². The Morgan fingerprint density at radius 1 is 0.704 bits per heavy atom. The molecule has 0 amide bonds. The number of aryl methyl sites for hydroxylation is 2. The van der Waals surface area contributed by atoms with Crippen molar-refractivity contribution in [1.82, 2.24) is 9.97 Å². The van der Waals surface area contributed by atoms with Gasteiger partial charge in [0.2, 0.25) is 0 Å². The topological polar surface area (TPSA) is 25.8 Å². The van der Waals surface area contributed by atoms with Crippen LogP contribution in [0.5, 0.6) is 0 Å². The summed E-state index contributed by atoms with van der Waals surface area (Å²) in [4.78, 5) is 9.19. The maximum atomic E-state index is 4.80. The molecule has 0 N–H and O–H groups in total. The summed E-state index contributed by atoms with van der Waals surface area (Å²) in [6.45, 7) is 0. The third kappa shape index (κ3) is 4.99. The van der Waals surface area contributed by atoms with E-state index in [4.69, 9.17) is 4.98 Å². The number of rotatable bonds is 5. The van der Waals surface area contributed by atoms with Gasteiger partial charge in [-0.15, -0.1) is 71.3 Å². The van der Waals surface area contributed by atoms with E-state index in [2.05, 4.69) is 41.4 Å². The van der Waals surface area contributed by atoms with Crippen molar-refractivity contribution >= 4 is 0 Å². The van der Waals surface area contributed by atoms with Gasteiger partial charge in [-0.2, -0.15) is 0 Å². The number of benzene rings is 2. The van der Waals surface area contributed by atoms with Crippen LogP contribution in [0.15, 0.2) is 85.1 Å². The van der Waals surface area contributed by atoms with E-state index in [-0.39, 0.29) is 21.1 Å². The molecule has 4 rings (SSSR count). The molecule has 4 aromatic rings. The number of nitrogens with zero attached hydrogens (tertiary/aromatic N) is 2. The minimum absolute atomic E-state index is 0. The van der Waals surface area contributed by atoms with Gasteiger partial charge in [-0.1, -0.05) is 24.3 Å². The van der Waals surface area contributed by atoms with E-state index in [0.29, 0.717) is 0 Å². The van der Waals surface area contributed by atoms with Gasteiger partial charge in [0.05, 0.1) is 0 Å². The van der Waals surface area contributed by atoms with Crippen molar-refractivity contribution in [2.45, 2.75) is 12.8 Å². The summed E-state index contributed by atoms with van der Waals surface area (Å²) in [5, 5.41) is 0. The number of hydrogen-bond acceptors (Lipinski definition) is 2. The molecule has 2 aromatic heterocycles. The Balaban J connectivity index is 0.00000210. The van der Waals surface area contributed by atoms with E-state index >= 15 is 0 Å². The van der Waals surface area contributed by atoms with Crippen molar-refractivity contribution in [3.63, 3.8) is 0 Å². The quantitative estimate of drug-likeness (QED) is 0.333. The molecular formula is C24H18N2Pt. The smallest absolute Gasteiger partial charge is 0.345 e. The minimum atomic E-state index is 0. The molecule has 0 aliphatic heterocycles. The summed E-state index contributed by atoms with van der Waals surface area (Å²) in [7, 11) is 0. The molecule has 0 spiro atoms. The standard InChI is InChI=1S/C24H18N2.Pt/c1-2-9-20(10-3-1)23-13-7-14-24(26-23)21-11-6-8-19(18-21)15-16-22-12-4-5-17-25-22;/h1-9,11-14,17H,15-16H2;/q-2;+2. The number of hydrogen-bond donors (Lipinski definition) is 0. The van der Waals surface area contributed by atoms with Crippen LogP contribution in [0, 0.1) is 12.1 Å². The molecule has 0 saturated heterocycles. The molecule has 2 heterocycles. The van der Waals surface area contributed by atoms with Crippen LogP contribution in [0.4, 0.5) is 0 Å². The molecule has 0 fully saturated rings. The minimum Gasteiger partial charge on any atom is -0.345 e. The Hall–Kier alpha value is -2.57. The maximum Gasteiger partial charge on any atom is 2.00 e. The zero-order chi connectivity index (χ0) is 17.6. The molecule has 0 unspecified atom stereocenters. The van der Waals surface area contributed by atoms with E-state index in [9.17, 15) is 0 Å². The Bertz CT molecular complexity index is 985. The normalized spacial score (nSPS) is 10.2. The summed E-state index contributed by atoms with van der Waals surface area (Å²) in [5.74, 6) is 0. The van der Waals surface area contributed by atoms with Crippen LogP contribution in [0.2, 0.25) is 0 Å². The van der Waals surface area contributed by atoms with Crippen molar-refractivity contribution in [2.75, 3.05) is 0 Å². The van der Waals surface area contributed by atoms with Crippen molar-refractivity contribution in [2.24, 2.45) is 0 Å². The van der Waals surface area contributed by atoms with Gasteiger partial charge < -0.3 is 4.98 Å². The average Bonchev–Trinajstić information content (AvgIpc) is 2.74. The second kappa shape index (κ2) is 9.39. The Morgan fingerprint density at radius 3 is 2.26 bits per heavy atom. The molecular weight excluding hydrogens is 511 g/mol. The van der Waals surface area contributed by atoms with Crippen molar-refractivity contribution in [1.29, 1.82) is 0 Å². The predicted octanol–water partition coefficient (Wildman–Crippen LogP) is 5.19. The van der Waals surface area contributed by atoms with Gasteiger partial charge in [0.1, 0.15) is 0 Å². The van der Waals surface area contributed by atoms with Crippen molar-refractivity contribution in [3.8, 4) is 22.5 Å². The van der Waals surface area contributed by atoms with Crippen LogP contribution in [0.1, 0.15) is 11.3 Å². The molecule has 0 aliphatic carbocycles. The van der Waals surface area contributed by atoms with Crippen molar-refractivity contribution < 1.29 is 21.1 Å². The van der Waals surface area contributed by atoms with Gasteiger partial charge in [-0.25, -0.2) is 0 Å². The molecule has 27 heavy (non-hydrogen) atoms. The summed E-state index contributed by atoms with van der Waals surface area (Å²) in [5.41, 5.74) is 6.15. The van der Waals surface area contributed by atoms with Crippen molar-refractivity contribution in [3.05, 3.63) is 108 Å². The second-order valence-corrected chi connectivity index (χ2v) is 6.10. The largest absolute Gasteiger partial charge is 2.00 e. The van der Waals surface area contributed by atoms with Crippen LogP contribution in [0.3, 0.4) is 0 Å². The van der Waals surface area contributed by atoms with Gasteiger partial charge in [0.25, 0.3) is 0 Å². The first kappa shape index (κ1) is 19.2. The zero-order valence-electron chi connectivity index (χ0n) is 14.7. The second-order valence-electron chi connectivity index (χ2n) is 6.10. The molecule has 0 bridgehead atoms. The SMILES string of the molecule is [Pt+2].[c-]1ccccc1-c1cccc(-c2[c-]c(CCc3ccccn3)ccc2)n1. The van der Waals surface area contributed by atoms with Crippen LogP contribution in [-0.4, -0.2) is 9.97 Å². The monoisotopic (exact) mass is 529 g/mol. The van der Waals surface area contributed by atoms with Gasteiger partial charge in [-0.05, 0) is 36.4 Å².